The van der Waals surface area contributed by atoms with Crippen LogP contribution in [0.4, 0.5) is 0 Å². The average Bonchev–Trinajstić information content (AvgIpc) is 2.73. The first-order valence-corrected chi connectivity index (χ1v) is 9.87. The summed E-state index contributed by atoms with van der Waals surface area (Å²) in [4.78, 5) is 52.0. The lowest BCUT2D eigenvalue weighted by atomic mass is 9.82. The third-order valence-corrected chi connectivity index (χ3v) is 5.79. The quantitative estimate of drug-likeness (QED) is 0.799. The van der Waals surface area contributed by atoms with Gasteiger partial charge < -0.3 is 18.9 Å². The highest BCUT2D eigenvalue weighted by Gasteiger charge is 2.43. The van der Waals surface area contributed by atoms with Crippen LogP contribution in [0.5, 0.6) is 11.5 Å². The van der Waals surface area contributed by atoms with Gasteiger partial charge in [-0.2, -0.15) is 0 Å². The zero-order chi connectivity index (χ0) is 21.3. The van der Waals surface area contributed by atoms with E-state index in [1.807, 2.05) is 0 Å². The van der Waals surface area contributed by atoms with Gasteiger partial charge in [-0.25, -0.2) is 4.79 Å². The summed E-state index contributed by atoms with van der Waals surface area (Å²) in [5.41, 5.74) is -1.05. The van der Waals surface area contributed by atoms with Gasteiger partial charge in [-0.15, -0.1) is 0 Å². The molecule has 1 aromatic carbocycles. The highest BCUT2D eigenvalue weighted by Crippen LogP contribution is 2.40. The van der Waals surface area contributed by atoms with Gasteiger partial charge in [0.1, 0.15) is 17.1 Å². The number of aromatic nitrogens is 2. The maximum Gasteiger partial charge on any atom is 0.328 e. The second-order valence-corrected chi connectivity index (χ2v) is 7.68. The first-order chi connectivity index (χ1) is 14.4. The molecule has 0 aliphatic carbocycles. The summed E-state index contributed by atoms with van der Waals surface area (Å²) in [5.74, 6) is 1.12. The Balaban J connectivity index is 1.38. The zero-order valence-corrected chi connectivity index (χ0v) is 16.7. The highest BCUT2D eigenvalue weighted by atomic mass is 16.5. The van der Waals surface area contributed by atoms with Gasteiger partial charge in [0.2, 0.25) is 5.91 Å². The average molecular weight is 413 g/mol. The molecule has 2 aromatic rings. The molecule has 1 N–H and O–H groups in total. The number of likely N-dealkylation sites (tertiary alicyclic amines) is 1. The number of nitrogens with zero attached hydrogens (tertiary/aromatic N) is 2. The number of nitrogens with one attached hydrogen (secondary N) is 1. The molecular formula is C21H23N3O6. The summed E-state index contributed by atoms with van der Waals surface area (Å²) in [6.45, 7) is 1.15. The van der Waals surface area contributed by atoms with E-state index in [-0.39, 0.29) is 24.7 Å². The number of carbonyl (C=O) groups excluding carboxylic acids is 2. The molecule has 158 valence electrons. The van der Waals surface area contributed by atoms with Crippen molar-refractivity contribution in [3.05, 3.63) is 56.9 Å². The summed E-state index contributed by atoms with van der Waals surface area (Å²) in [6.07, 6.45) is 2.94. The number of aromatic amines is 1. The van der Waals surface area contributed by atoms with Gasteiger partial charge in [0, 0.05) is 57.2 Å². The van der Waals surface area contributed by atoms with Crippen LogP contribution in [0, 0.1) is 0 Å². The summed E-state index contributed by atoms with van der Waals surface area (Å²) in [6, 6.07) is 6.45. The van der Waals surface area contributed by atoms with Gasteiger partial charge in [-0.3, -0.25) is 19.4 Å². The number of ether oxygens (including phenoxy) is 2. The Labute approximate surface area is 172 Å². The molecule has 9 nitrogen and oxygen atoms in total. The van der Waals surface area contributed by atoms with E-state index in [0.29, 0.717) is 49.4 Å². The molecule has 1 amide bonds. The molecule has 0 atom stereocenters. The minimum atomic E-state index is -0.608. The number of benzene rings is 1. The van der Waals surface area contributed by atoms with Crippen molar-refractivity contribution in [2.24, 2.45) is 0 Å². The van der Waals surface area contributed by atoms with Crippen molar-refractivity contribution in [3.8, 4) is 11.5 Å². The van der Waals surface area contributed by atoms with Crippen LogP contribution in [0.1, 0.15) is 36.0 Å². The second-order valence-electron chi connectivity index (χ2n) is 7.68. The predicted octanol–water partition coefficient (Wildman–Crippen LogP) is 0.962. The van der Waals surface area contributed by atoms with Crippen molar-refractivity contribution < 1.29 is 19.1 Å². The summed E-state index contributed by atoms with van der Waals surface area (Å²) < 4.78 is 12.8. The van der Waals surface area contributed by atoms with Gasteiger partial charge in [0.25, 0.3) is 5.56 Å². The first kappa shape index (κ1) is 19.9. The lowest BCUT2D eigenvalue weighted by Crippen LogP contribution is -2.52. The Morgan fingerprint density at radius 3 is 2.67 bits per heavy atom. The van der Waals surface area contributed by atoms with E-state index < -0.39 is 16.9 Å². The number of H-pyrrole nitrogens is 1. The van der Waals surface area contributed by atoms with E-state index in [2.05, 4.69) is 4.98 Å². The molecule has 3 heterocycles. The van der Waals surface area contributed by atoms with Crippen molar-refractivity contribution >= 4 is 11.7 Å². The van der Waals surface area contributed by atoms with Crippen LogP contribution in [0.25, 0.3) is 0 Å². The van der Waals surface area contributed by atoms with Crippen LogP contribution in [0.2, 0.25) is 0 Å². The fraction of sp³-hybridized carbons (Fsp3) is 0.429. The van der Waals surface area contributed by atoms with Gasteiger partial charge in [-0.05, 0) is 12.1 Å². The number of aryl methyl sites for hydroxylation is 1. The highest BCUT2D eigenvalue weighted by molar-refractivity contribution is 6.00. The lowest BCUT2D eigenvalue weighted by molar-refractivity contribution is -0.135. The fourth-order valence-electron chi connectivity index (χ4n) is 4.04. The zero-order valence-electron chi connectivity index (χ0n) is 16.7. The Kier molecular flexibility index (Phi) is 5.19. The number of fused-ring (bicyclic) bond motifs is 1. The van der Waals surface area contributed by atoms with Crippen molar-refractivity contribution in [3.63, 3.8) is 0 Å². The Morgan fingerprint density at radius 1 is 1.20 bits per heavy atom. The third kappa shape index (κ3) is 3.87. The molecule has 1 spiro atoms. The molecule has 9 heteroatoms. The van der Waals surface area contributed by atoms with Crippen LogP contribution >= 0.6 is 0 Å². The topological polar surface area (TPSA) is 111 Å². The minimum Gasteiger partial charge on any atom is -0.497 e. The van der Waals surface area contributed by atoms with Crippen LogP contribution in [-0.2, 0) is 11.3 Å². The number of Topliss-reactive ketones (excluding diaryl/α,β-unsaturated/α-hetero) is 1. The monoisotopic (exact) mass is 413 g/mol. The van der Waals surface area contributed by atoms with Crippen LogP contribution in [-0.4, -0.2) is 51.9 Å². The van der Waals surface area contributed by atoms with E-state index in [1.54, 1.807) is 30.2 Å². The summed E-state index contributed by atoms with van der Waals surface area (Å²) >= 11 is 0. The van der Waals surface area contributed by atoms with Crippen LogP contribution < -0.4 is 20.7 Å². The molecule has 1 aromatic heterocycles. The van der Waals surface area contributed by atoms with Crippen molar-refractivity contribution in [1.29, 1.82) is 0 Å². The molecule has 4 rings (SSSR count). The number of hydrogen-bond donors (Lipinski definition) is 1. The van der Waals surface area contributed by atoms with E-state index in [1.165, 1.54) is 16.8 Å². The van der Waals surface area contributed by atoms with Crippen LogP contribution in [0.3, 0.4) is 0 Å². The minimum absolute atomic E-state index is 0.0381. The van der Waals surface area contributed by atoms with E-state index in [4.69, 9.17) is 9.47 Å². The normalized spacial score (nSPS) is 17.4. The number of carbonyl (C=O) groups is 2. The molecule has 1 fully saturated rings. The lowest BCUT2D eigenvalue weighted by Gasteiger charge is -2.44. The van der Waals surface area contributed by atoms with Gasteiger partial charge >= 0.3 is 5.69 Å². The van der Waals surface area contributed by atoms with Gasteiger partial charge in [0.05, 0.1) is 19.1 Å². The van der Waals surface area contributed by atoms with Crippen LogP contribution in [0.15, 0.2) is 40.1 Å². The molecule has 0 bridgehead atoms. The Bertz CT molecular complexity index is 1090. The number of rotatable bonds is 4. The molecule has 30 heavy (non-hydrogen) atoms. The van der Waals surface area contributed by atoms with E-state index >= 15 is 0 Å². The third-order valence-electron chi connectivity index (χ3n) is 5.79. The molecule has 0 radical (unpaired) electrons. The van der Waals surface area contributed by atoms with Crippen molar-refractivity contribution in [2.75, 3.05) is 20.2 Å². The summed E-state index contributed by atoms with van der Waals surface area (Å²) in [5, 5.41) is 0. The SMILES string of the molecule is COc1ccc2c(c1)OC1(CCN(C(=O)CCn3ccc(=O)[nH]c3=O)CC1)CC2=O. The number of hydrogen-bond acceptors (Lipinski definition) is 6. The maximum absolute atomic E-state index is 12.6. The van der Waals surface area contributed by atoms with Crippen molar-refractivity contribution in [2.45, 2.75) is 37.8 Å². The first-order valence-electron chi connectivity index (χ1n) is 9.87. The van der Waals surface area contributed by atoms with Gasteiger partial charge in [0.15, 0.2) is 5.78 Å². The molecule has 2 aliphatic heterocycles. The Morgan fingerprint density at radius 2 is 1.97 bits per heavy atom. The molecular weight excluding hydrogens is 390 g/mol. The predicted molar refractivity (Wildman–Crippen MR) is 107 cm³/mol. The van der Waals surface area contributed by atoms with E-state index in [0.717, 1.165) is 0 Å². The molecule has 2 aliphatic rings. The largest absolute Gasteiger partial charge is 0.497 e. The standard InChI is InChI=1S/C21H23N3O6/c1-29-14-2-3-15-16(25)13-21(30-17(15)12-14)6-10-23(11-7-21)19(27)5-9-24-8-4-18(26)22-20(24)28/h2-4,8,12H,5-7,9-11,13H2,1H3,(H,22,26,28). The maximum atomic E-state index is 12.6. The van der Waals surface area contributed by atoms with Crippen molar-refractivity contribution in [1.82, 2.24) is 14.5 Å². The number of methoxy groups -OCH3 is 1. The van der Waals surface area contributed by atoms with Gasteiger partial charge in [-0.1, -0.05) is 0 Å². The molecule has 0 saturated carbocycles. The Hall–Kier alpha value is -3.36. The molecule has 1 saturated heterocycles. The van der Waals surface area contributed by atoms with E-state index in [9.17, 15) is 19.2 Å². The number of piperidine rings is 1. The number of amides is 1. The second kappa shape index (κ2) is 7.81. The summed E-state index contributed by atoms with van der Waals surface area (Å²) in [7, 11) is 1.56. The number of ketones is 1. The fourth-order valence-corrected chi connectivity index (χ4v) is 4.04. The smallest absolute Gasteiger partial charge is 0.328 e. The molecule has 0 unspecified atom stereocenters.